The first-order valence-electron chi connectivity index (χ1n) is 11.2. The SMILES string of the molecule is CC(C)c1ccc([C@@H]2O[C@@H](CO)[C@@H](O)[C@H](O)[C@H]2O)cc1Cc1ccc2c(c1)CCCN2. The van der Waals surface area contributed by atoms with Gasteiger partial charge in [0.05, 0.1) is 6.61 Å². The Morgan fingerprint density at radius 3 is 2.58 bits per heavy atom. The van der Waals surface area contributed by atoms with E-state index in [2.05, 4.69) is 43.4 Å². The number of benzene rings is 2. The molecule has 0 spiro atoms. The fraction of sp³-hybridized carbons (Fsp3) is 0.520. The summed E-state index contributed by atoms with van der Waals surface area (Å²) < 4.78 is 5.78. The lowest BCUT2D eigenvalue weighted by Gasteiger charge is -2.40. The molecule has 6 nitrogen and oxygen atoms in total. The molecule has 0 unspecified atom stereocenters. The number of anilines is 1. The Morgan fingerprint density at radius 1 is 1.03 bits per heavy atom. The van der Waals surface area contributed by atoms with Crippen LogP contribution in [0.5, 0.6) is 0 Å². The Hall–Kier alpha value is -1.96. The molecule has 5 N–H and O–H groups in total. The van der Waals surface area contributed by atoms with Crippen LogP contribution in [0.4, 0.5) is 5.69 Å². The number of aliphatic hydroxyl groups is 4. The van der Waals surface area contributed by atoms with Crippen LogP contribution in [0, 0.1) is 0 Å². The number of hydrogen-bond acceptors (Lipinski definition) is 6. The minimum Gasteiger partial charge on any atom is -0.394 e. The normalized spacial score (nSPS) is 28.3. The zero-order chi connectivity index (χ0) is 22.1. The van der Waals surface area contributed by atoms with E-state index in [1.165, 1.54) is 22.4 Å². The first-order chi connectivity index (χ1) is 14.9. The van der Waals surface area contributed by atoms with E-state index in [4.69, 9.17) is 4.74 Å². The lowest BCUT2D eigenvalue weighted by atomic mass is 9.86. The first kappa shape index (κ1) is 22.2. The molecule has 2 aromatic rings. The molecule has 168 valence electrons. The van der Waals surface area contributed by atoms with Gasteiger partial charge < -0.3 is 30.5 Å². The lowest BCUT2D eigenvalue weighted by molar-refractivity contribution is -0.231. The van der Waals surface area contributed by atoms with E-state index in [-0.39, 0.29) is 0 Å². The van der Waals surface area contributed by atoms with Crippen molar-refractivity contribution in [2.45, 2.75) is 69.5 Å². The summed E-state index contributed by atoms with van der Waals surface area (Å²) in [5.74, 6) is 0.332. The average molecular weight is 428 g/mol. The van der Waals surface area contributed by atoms with Crippen molar-refractivity contribution in [3.63, 3.8) is 0 Å². The Morgan fingerprint density at radius 2 is 1.84 bits per heavy atom. The van der Waals surface area contributed by atoms with E-state index in [0.29, 0.717) is 5.92 Å². The molecule has 0 saturated carbocycles. The standard InChI is InChI=1S/C25H33NO5/c1-14(2)19-7-6-17(25-24(30)23(29)22(28)21(13-27)31-25)12-18(19)11-15-5-8-20-16(10-15)4-3-9-26-20/h5-8,10,12,14,21-30H,3-4,9,11,13H2,1-2H3/t21-,22+,23-,24+,25-/m0/s1. The molecule has 2 aromatic carbocycles. The molecule has 1 saturated heterocycles. The molecule has 2 aliphatic heterocycles. The minimum atomic E-state index is -1.38. The first-order valence-corrected chi connectivity index (χ1v) is 11.2. The molecule has 31 heavy (non-hydrogen) atoms. The van der Waals surface area contributed by atoms with Gasteiger partial charge in [0.2, 0.25) is 0 Å². The van der Waals surface area contributed by atoms with Crippen LogP contribution in [-0.2, 0) is 17.6 Å². The molecule has 0 bridgehead atoms. The largest absolute Gasteiger partial charge is 0.394 e. The lowest BCUT2D eigenvalue weighted by Crippen LogP contribution is -2.55. The maximum absolute atomic E-state index is 10.5. The second-order valence-corrected chi connectivity index (χ2v) is 9.06. The number of rotatable bonds is 5. The summed E-state index contributed by atoms with van der Waals surface area (Å²) in [5.41, 5.74) is 6.90. The van der Waals surface area contributed by atoms with Gasteiger partial charge in [-0.25, -0.2) is 0 Å². The fourth-order valence-electron chi connectivity index (χ4n) is 4.75. The predicted octanol–water partition coefficient (Wildman–Crippen LogP) is 2.27. The zero-order valence-corrected chi connectivity index (χ0v) is 18.2. The van der Waals surface area contributed by atoms with Gasteiger partial charge in [-0.05, 0) is 59.1 Å². The monoisotopic (exact) mass is 427 g/mol. The second kappa shape index (κ2) is 9.27. The fourth-order valence-corrected chi connectivity index (χ4v) is 4.75. The van der Waals surface area contributed by atoms with Gasteiger partial charge in [0.15, 0.2) is 0 Å². The highest BCUT2D eigenvalue weighted by Crippen LogP contribution is 2.35. The zero-order valence-electron chi connectivity index (χ0n) is 18.2. The van der Waals surface area contributed by atoms with Crippen LogP contribution in [-0.4, -0.2) is 58.0 Å². The summed E-state index contributed by atoms with van der Waals surface area (Å²) in [7, 11) is 0. The Bertz CT molecular complexity index is 913. The van der Waals surface area contributed by atoms with E-state index in [1.54, 1.807) is 0 Å². The van der Waals surface area contributed by atoms with E-state index < -0.39 is 37.1 Å². The van der Waals surface area contributed by atoms with Crippen molar-refractivity contribution in [1.29, 1.82) is 0 Å². The number of fused-ring (bicyclic) bond motifs is 1. The Balaban J connectivity index is 1.65. The summed E-state index contributed by atoms with van der Waals surface area (Å²) in [5, 5.41) is 43.8. The molecule has 6 heteroatoms. The molecular weight excluding hydrogens is 394 g/mol. The third-order valence-electron chi connectivity index (χ3n) is 6.51. The van der Waals surface area contributed by atoms with E-state index in [1.807, 2.05) is 12.1 Å². The van der Waals surface area contributed by atoms with Crippen molar-refractivity contribution in [2.24, 2.45) is 0 Å². The maximum atomic E-state index is 10.5. The van der Waals surface area contributed by atoms with Crippen LogP contribution in [0.3, 0.4) is 0 Å². The van der Waals surface area contributed by atoms with Crippen LogP contribution in [0.15, 0.2) is 36.4 Å². The van der Waals surface area contributed by atoms with Gasteiger partial charge in [-0.3, -0.25) is 0 Å². The van der Waals surface area contributed by atoms with Crippen molar-refractivity contribution in [1.82, 2.24) is 0 Å². The third kappa shape index (κ3) is 4.49. The summed E-state index contributed by atoms with van der Waals surface area (Å²) in [6, 6.07) is 12.6. The van der Waals surface area contributed by atoms with Crippen molar-refractivity contribution in [3.8, 4) is 0 Å². The van der Waals surface area contributed by atoms with Crippen molar-refractivity contribution < 1.29 is 25.2 Å². The topological polar surface area (TPSA) is 102 Å². The molecule has 5 atom stereocenters. The summed E-state index contributed by atoms with van der Waals surface area (Å²) >= 11 is 0. The molecule has 1 fully saturated rings. The van der Waals surface area contributed by atoms with Crippen molar-refractivity contribution >= 4 is 5.69 Å². The van der Waals surface area contributed by atoms with Gasteiger partial charge in [0.25, 0.3) is 0 Å². The Labute approximate surface area is 183 Å². The Kier molecular flexibility index (Phi) is 6.65. The molecule has 0 aliphatic carbocycles. The number of ether oxygens (including phenoxy) is 1. The van der Waals surface area contributed by atoms with Crippen LogP contribution < -0.4 is 5.32 Å². The number of aliphatic hydroxyl groups excluding tert-OH is 4. The smallest absolute Gasteiger partial charge is 0.113 e. The summed E-state index contributed by atoms with van der Waals surface area (Å²) in [6.45, 7) is 4.90. The highest BCUT2D eigenvalue weighted by atomic mass is 16.5. The van der Waals surface area contributed by atoms with Gasteiger partial charge in [-0.2, -0.15) is 0 Å². The van der Waals surface area contributed by atoms with E-state index in [0.717, 1.165) is 36.9 Å². The number of aryl methyl sites for hydroxylation is 1. The molecule has 4 rings (SSSR count). The quantitative estimate of drug-likeness (QED) is 0.502. The van der Waals surface area contributed by atoms with Gasteiger partial charge in [-0.1, -0.05) is 44.2 Å². The van der Waals surface area contributed by atoms with Crippen molar-refractivity contribution in [2.75, 3.05) is 18.5 Å². The van der Waals surface area contributed by atoms with Gasteiger partial charge in [0, 0.05) is 12.2 Å². The van der Waals surface area contributed by atoms with Gasteiger partial charge in [-0.15, -0.1) is 0 Å². The van der Waals surface area contributed by atoms with Crippen molar-refractivity contribution in [3.05, 3.63) is 64.2 Å². The molecule has 0 radical (unpaired) electrons. The van der Waals surface area contributed by atoms with Crippen LogP contribution in [0.1, 0.15) is 60.1 Å². The molecule has 0 amide bonds. The van der Waals surface area contributed by atoms with Crippen LogP contribution in [0.25, 0.3) is 0 Å². The molecule has 0 aromatic heterocycles. The minimum absolute atomic E-state index is 0.332. The maximum Gasteiger partial charge on any atom is 0.113 e. The highest BCUT2D eigenvalue weighted by molar-refractivity contribution is 5.55. The van der Waals surface area contributed by atoms with Gasteiger partial charge >= 0.3 is 0 Å². The van der Waals surface area contributed by atoms with E-state index in [9.17, 15) is 20.4 Å². The summed E-state index contributed by atoms with van der Waals surface area (Å²) in [6.07, 6.45) is -2.75. The molecule has 2 heterocycles. The van der Waals surface area contributed by atoms with Crippen LogP contribution >= 0.6 is 0 Å². The number of hydrogen-bond donors (Lipinski definition) is 5. The second-order valence-electron chi connectivity index (χ2n) is 9.06. The summed E-state index contributed by atoms with van der Waals surface area (Å²) in [4.78, 5) is 0. The molecular formula is C25H33NO5. The average Bonchev–Trinajstić information content (AvgIpc) is 2.77. The van der Waals surface area contributed by atoms with Gasteiger partial charge in [0.1, 0.15) is 30.5 Å². The van der Waals surface area contributed by atoms with E-state index >= 15 is 0 Å². The number of nitrogens with one attached hydrogen (secondary N) is 1. The highest BCUT2D eigenvalue weighted by Gasteiger charge is 2.44. The predicted molar refractivity (Wildman–Crippen MR) is 119 cm³/mol. The van der Waals surface area contributed by atoms with Crippen LogP contribution in [0.2, 0.25) is 0 Å². The third-order valence-corrected chi connectivity index (χ3v) is 6.51. The molecule has 2 aliphatic rings.